The lowest BCUT2D eigenvalue weighted by molar-refractivity contribution is 0.00865. The Morgan fingerprint density at radius 2 is 2.00 bits per heavy atom. The van der Waals surface area contributed by atoms with Crippen molar-refractivity contribution in [2.24, 2.45) is 11.8 Å². The maximum atomic E-state index is 10.7. The van der Waals surface area contributed by atoms with Gasteiger partial charge in [0.25, 0.3) is 0 Å². The van der Waals surface area contributed by atoms with E-state index in [1.165, 1.54) is 0 Å². The minimum absolute atomic E-state index is 0.000741. The summed E-state index contributed by atoms with van der Waals surface area (Å²) < 4.78 is 6.03. The van der Waals surface area contributed by atoms with Crippen molar-refractivity contribution in [2.75, 3.05) is 0 Å². The fourth-order valence-corrected chi connectivity index (χ4v) is 2.81. The largest absolute Gasteiger partial charge is 0.465 e. The summed E-state index contributed by atoms with van der Waals surface area (Å²) in [4.78, 5) is 0. The second-order valence-electron chi connectivity index (χ2n) is 7.38. The Morgan fingerprint density at radius 3 is 2.50 bits per heavy atom. The summed E-state index contributed by atoms with van der Waals surface area (Å²) in [5.74, 6) is 3.06. The van der Waals surface area contributed by atoms with Crippen LogP contribution in [0.1, 0.15) is 65.0 Å². The van der Waals surface area contributed by atoms with Gasteiger partial charge in [0, 0.05) is 17.4 Å². The lowest BCUT2D eigenvalue weighted by atomic mass is 9.73. The van der Waals surface area contributed by atoms with Crippen molar-refractivity contribution in [2.45, 2.75) is 65.4 Å². The topological polar surface area (TPSA) is 33.4 Å². The fourth-order valence-electron chi connectivity index (χ4n) is 2.81. The Hall–Kier alpha value is -0.760. The van der Waals surface area contributed by atoms with Crippen LogP contribution in [-0.2, 0) is 17.4 Å². The summed E-state index contributed by atoms with van der Waals surface area (Å²) >= 11 is 0. The van der Waals surface area contributed by atoms with Gasteiger partial charge in [0.1, 0.15) is 11.5 Å². The summed E-state index contributed by atoms with van der Waals surface area (Å²) in [5, 5.41) is 10.7. The number of hydrogen-bond acceptors (Lipinski definition) is 2. The lowest BCUT2D eigenvalue weighted by Crippen LogP contribution is -2.33. The van der Waals surface area contributed by atoms with E-state index in [-0.39, 0.29) is 5.41 Å². The van der Waals surface area contributed by atoms with Crippen LogP contribution >= 0.6 is 0 Å². The van der Waals surface area contributed by atoms with E-state index in [1.54, 1.807) is 0 Å². The molecule has 0 bridgehead atoms. The van der Waals surface area contributed by atoms with Crippen molar-refractivity contribution < 1.29 is 9.52 Å². The molecule has 0 aliphatic heterocycles. The summed E-state index contributed by atoms with van der Waals surface area (Å²) in [7, 11) is 0. The number of rotatable bonds is 1. The first-order valence-electron chi connectivity index (χ1n) is 6.97. The molecule has 0 spiro atoms. The molecule has 1 aromatic heterocycles. The molecule has 2 heteroatoms. The molecular weight excluding hydrogens is 224 g/mol. The lowest BCUT2D eigenvalue weighted by Gasteiger charge is -2.35. The van der Waals surface area contributed by atoms with Gasteiger partial charge in [0.2, 0.25) is 0 Å². The molecule has 0 saturated carbocycles. The number of furan rings is 1. The van der Waals surface area contributed by atoms with Crippen LogP contribution in [0, 0.1) is 11.8 Å². The maximum absolute atomic E-state index is 10.7. The highest BCUT2D eigenvalue weighted by Gasteiger charge is 2.39. The first-order chi connectivity index (χ1) is 8.11. The van der Waals surface area contributed by atoms with Gasteiger partial charge in [-0.25, -0.2) is 0 Å². The fraction of sp³-hybridized carbons (Fsp3) is 0.750. The van der Waals surface area contributed by atoms with E-state index >= 15 is 0 Å². The molecule has 2 unspecified atom stereocenters. The molecule has 1 heterocycles. The molecule has 0 amide bonds. The van der Waals surface area contributed by atoms with Crippen LogP contribution in [0.3, 0.4) is 0 Å². The molecule has 0 aromatic carbocycles. The van der Waals surface area contributed by atoms with Crippen molar-refractivity contribution in [3.63, 3.8) is 0 Å². The second-order valence-corrected chi connectivity index (χ2v) is 7.38. The van der Waals surface area contributed by atoms with E-state index in [0.29, 0.717) is 11.8 Å². The van der Waals surface area contributed by atoms with Crippen molar-refractivity contribution in [3.05, 3.63) is 23.2 Å². The third-order valence-electron chi connectivity index (χ3n) is 4.18. The molecule has 0 saturated heterocycles. The van der Waals surface area contributed by atoms with Crippen LogP contribution in [0.5, 0.6) is 0 Å². The van der Waals surface area contributed by atoms with Gasteiger partial charge in [-0.3, -0.25) is 0 Å². The van der Waals surface area contributed by atoms with Crippen LogP contribution < -0.4 is 0 Å². The minimum atomic E-state index is -0.741. The van der Waals surface area contributed by atoms with Gasteiger partial charge in [0.15, 0.2) is 0 Å². The molecule has 102 valence electrons. The zero-order valence-electron chi connectivity index (χ0n) is 12.5. The van der Waals surface area contributed by atoms with Crippen LogP contribution in [0.4, 0.5) is 0 Å². The summed E-state index contributed by atoms with van der Waals surface area (Å²) in [5.41, 5.74) is 0.264. The summed E-state index contributed by atoms with van der Waals surface area (Å²) in [6.07, 6.45) is 1.79. The average Bonchev–Trinajstić information content (AvgIpc) is 2.60. The van der Waals surface area contributed by atoms with E-state index in [4.69, 9.17) is 4.42 Å². The molecule has 2 atom stereocenters. The highest BCUT2D eigenvalue weighted by molar-refractivity contribution is 5.33. The van der Waals surface area contributed by atoms with Crippen LogP contribution in [-0.4, -0.2) is 5.11 Å². The van der Waals surface area contributed by atoms with Gasteiger partial charge in [-0.05, 0) is 31.2 Å². The van der Waals surface area contributed by atoms with E-state index in [2.05, 4.69) is 40.7 Å². The Labute approximate surface area is 110 Å². The molecule has 1 aliphatic carbocycles. The van der Waals surface area contributed by atoms with Crippen LogP contribution in [0.2, 0.25) is 0 Å². The SMILES string of the molecule is CC(C)C1Cc2oc(C(C)(C)C)cc2C(C)(O)C1. The first-order valence-corrected chi connectivity index (χ1v) is 6.97. The normalized spacial score (nSPS) is 28.6. The zero-order valence-corrected chi connectivity index (χ0v) is 12.5. The Bertz CT molecular complexity index is 432. The smallest absolute Gasteiger partial charge is 0.110 e. The van der Waals surface area contributed by atoms with Gasteiger partial charge in [-0.15, -0.1) is 0 Å². The van der Waals surface area contributed by atoms with Crippen molar-refractivity contribution in [3.8, 4) is 0 Å². The first kappa shape index (κ1) is 13.7. The molecule has 1 N–H and O–H groups in total. The second kappa shape index (κ2) is 4.12. The summed E-state index contributed by atoms with van der Waals surface area (Å²) in [6.45, 7) is 12.8. The Morgan fingerprint density at radius 1 is 1.39 bits per heavy atom. The van der Waals surface area contributed by atoms with E-state index in [1.807, 2.05) is 6.92 Å². The Balaban J connectivity index is 2.42. The van der Waals surface area contributed by atoms with Crippen molar-refractivity contribution >= 4 is 0 Å². The molecule has 1 aliphatic rings. The molecule has 2 rings (SSSR count). The summed E-state index contributed by atoms with van der Waals surface area (Å²) in [6, 6.07) is 2.06. The monoisotopic (exact) mass is 250 g/mol. The number of fused-ring (bicyclic) bond motifs is 1. The third-order valence-corrected chi connectivity index (χ3v) is 4.18. The van der Waals surface area contributed by atoms with Gasteiger partial charge in [-0.2, -0.15) is 0 Å². The van der Waals surface area contributed by atoms with Gasteiger partial charge in [-0.1, -0.05) is 34.6 Å². The van der Waals surface area contributed by atoms with E-state index < -0.39 is 5.60 Å². The average molecular weight is 250 g/mol. The molecule has 2 nitrogen and oxygen atoms in total. The molecule has 18 heavy (non-hydrogen) atoms. The molecular formula is C16H26O2. The third kappa shape index (κ3) is 2.35. The van der Waals surface area contributed by atoms with Crippen molar-refractivity contribution in [1.82, 2.24) is 0 Å². The van der Waals surface area contributed by atoms with E-state index in [0.717, 1.165) is 29.9 Å². The molecule has 0 fully saturated rings. The van der Waals surface area contributed by atoms with E-state index in [9.17, 15) is 5.11 Å². The quantitative estimate of drug-likeness (QED) is 0.817. The molecule has 0 radical (unpaired) electrons. The van der Waals surface area contributed by atoms with Gasteiger partial charge in [0.05, 0.1) is 5.60 Å². The highest BCUT2D eigenvalue weighted by Crippen LogP contribution is 2.43. The Kier molecular flexibility index (Phi) is 3.13. The number of hydrogen-bond donors (Lipinski definition) is 1. The molecule has 1 aromatic rings. The van der Waals surface area contributed by atoms with Crippen LogP contribution in [0.15, 0.2) is 10.5 Å². The number of aliphatic hydroxyl groups is 1. The maximum Gasteiger partial charge on any atom is 0.110 e. The van der Waals surface area contributed by atoms with Gasteiger partial charge >= 0.3 is 0 Å². The minimum Gasteiger partial charge on any atom is -0.465 e. The zero-order chi connectivity index (χ0) is 13.7. The van der Waals surface area contributed by atoms with Crippen LogP contribution in [0.25, 0.3) is 0 Å². The standard InChI is InChI=1S/C16H26O2/c1-10(2)11-7-13-12(16(6,17)9-11)8-14(18-13)15(3,4)5/h8,10-11,17H,7,9H2,1-6H3. The van der Waals surface area contributed by atoms with Gasteiger partial charge < -0.3 is 9.52 Å². The van der Waals surface area contributed by atoms with Crippen molar-refractivity contribution in [1.29, 1.82) is 0 Å². The predicted octanol–water partition coefficient (Wildman–Crippen LogP) is 4.00. The predicted molar refractivity (Wildman–Crippen MR) is 73.6 cm³/mol. The highest BCUT2D eigenvalue weighted by atomic mass is 16.3.